The van der Waals surface area contributed by atoms with Gasteiger partial charge in [0.2, 0.25) is 0 Å². The normalized spacial score (nSPS) is 14.7. The number of quaternary nitrogens is 1. The molecule has 1 unspecified atom stereocenters. The fourth-order valence-corrected chi connectivity index (χ4v) is 18.1. The molecule has 4 N–H and O–H groups in total. The van der Waals surface area contributed by atoms with Crippen LogP contribution in [-0.2, 0) is 13.0 Å². The van der Waals surface area contributed by atoms with E-state index in [4.69, 9.17) is 13.0 Å². The van der Waals surface area contributed by atoms with Crippen LogP contribution in [0.2, 0.25) is 51.9 Å². The molecule has 0 aliphatic rings. The van der Waals surface area contributed by atoms with Gasteiger partial charge in [0, 0.05) is 12.0 Å². The minimum atomic E-state index is -2.24. The summed E-state index contributed by atoms with van der Waals surface area (Å²) in [6.07, 6.45) is 19.6. The lowest BCUT2D eigenvalue weighted by molar-refractivity contribution is -0.413. The summed E-state index contributed by atoms with van der Waals surface area (Å²) < 4.78 is 19.3. The van der Waals surface area contributed by atoms with Crippen molar-refractivity contribution in [2.75, 3.05) is 19.8 Å². The highest BCUT2D eigenvalue weighted by Gasteiger charge is 2.44. The number of ether oxygens (including phenoxy) is 1. The van der Waals surface area contributed by atoms with Crippen molar-refractivity contribution in [1.29, 1.82) is 0 Å². The van der Waals surface area contributed by atoms with Crippen LogP contribution < -0.4 is 18.1 Å². The number of hydrogen-bond donors (Lipinski definition) is 2. The average Bonchev–Trinajstić information content (AvgIpc) is 2.79. The zero-order valence-corrected chi connectivity index (χ0v) is 32.4. The van der Waals surface area contributed by atoms with Crippen molar-refractivity contribution < 1.29 is 36.2 Å². The lowest BCUT2D eigenvalue weighted by Crippen LogP contribution is -3.00. The first-order valence-corrected chi connectivity index (χ1v) is 25.8. The zero-order chi connectivity index (χ0) is 30.1. The van der Waals surface area contributed by atoms with E-state index in [0.29, 0.717) is 19.8 Å². The van der Waals surface area contributed by atoms with Gasteiger partial charge in [0.05, 0.1) is 6.61 Å². The van der Waals surface area contributed by atoms with E-state index in [1.807, 2.05) is 0 Å². The number of rotatable bonds is 26. The molecule has 0 aliphatic heterocycles. The van der Waals surface area contributed by atoms with E-state index in [-0.39, 0.29) is 17.8 Å². The number of unbranched alkanes of at least 4 members (excludes halogenated alkanes) is 12. The minimum Gasteiger partial charge on any atom is -1.00 e. The fraction of sp³-hybridized carbons (Fsp3) is 1.00. The lowest BCUT2D eigenvalue weighted by Gasteiger charge is -2.40. The van der Waals surface area contributed by atoms with Gasteiger partial charge in [-0.05, 0) is 64.7 Å². The number of aliphatic hydroxyl groups is 1. The molecule has 0 saturated carbocycles. The Morgan fingerprint density at radius 2 is 1.05 bits per heavy atom. The van der Waals surface area contributed by atoms with E-state index in [0.717, 1.165) is 18.9 Å². The van der Waals surface area contributed by atoms with Gasteiger partial charge in [0.1, 0.15) is 12.1 Å². The quantitative estimate of drug-likeness (QED) is 0.0945. The third-order valence-electron chi connectivity index (χ3n) is 7.88. The zero-order valence-electron chi connectivity index (χ0n) is 28.7. The maximum atomic E-state index is 11.5. The van der Waals surface area contributed by atoms with Crippen LogP contribution in [0.1, 0.15) is 117 Å². The lowest BCUT2D eigenvalue weighted by atomic mass is 9.71. The Hall–Kier alpha value is 0.741. The molecular weight excluding hydrogens is 570 g/mol. The Morgan fingerprint density at radius 1 is 0.650 bits per heavy atom. The molecule has 0 bridgehead atoms. The van der Waals surface area contributed by atoms with Crippen molar-refractivity contribution in [1.82, 2.24) is 0 Å². The van der Waals surface area contributed by atoms with Crippen LogP contribution in [0.25, 0.3) is 0 Å². The molecule has 0 aromatic carbocycles. The van der Waals surface area contributed by atoms with E-state index >= 15 is 0 Å². The summed E-state index contributed by atoms with van der Waals surface area (Å²) in [5.41, 5.74) is 3.00. The van der Waals surface area contributed by atoms with Crippen LogP contribution >= 0.6 is 0 Å². The van der Waals surface area contributed by atoms with Crippen molar-refractivity contribution in [2.45, 2.75) is 175 Å². The predicted octanol–water partition coefficient (Wildman–Crippen LogP) is 5.65. The number of hydrogen-bond acceptors (Lipinski definition) is 4. The monoisotopic (exact) mass is 641 g/mol. The highest BCUT2D eigenvalue weighted by Crippen LogP contribution is 2.36. The van der Waals surface area contributed by atoms with Gasteiger partial charge < -0.3 is 36.2 Å². The van der Waals surface area contributed by atoms with Crippen LogP contribution in [0.4, 0.5) is 0 Å². The molecule has 0 radical (unpaired) electrons. The minimum absolute atomic E-state index is 0. The molecule has 0 amide bonds. The van der Waals surface area contributed by atoms with Crippen LogP contribution in [0.3, 0.4) is 0 Å². The number of halogens is 1. The Balaban J connectivity index is 0. The molecule has 5 nitrogen and oxygen atoms in total. The summed E-state index contributed by atoms with van der Waals surface area (Å²) in [5, 5.41) is 11.5. The summed E-state index contributed by atoms with van der Waals surface area (Å²) in [5.74, 6) is 0. The molecule has 0 heterocycles. The predicted molar refractivity (Wildman–Crippen MR) is 178 cm³/mol. The summed E-state index contributed by atoms with van der Waals surface area (Å²) in [6, 6.07) is 0.937. The van der Waals surface area contributed by atoms with Crippen molar-refractivity contribution in [2.24, 2.45) is 5.41 Å². The van der Waals surface area contributed by atoms with Crippen LogP contribution in [0.15, 0.2) is 0 Å². The molecule has 0 aromatic rings. The van der Waals surface area contributed by atoms with Gasteiger partial charge >= 0.3 is 8.56 Å². The van der Waals surface area contributed by atoms with Gasteiger partial charge in [-0.25, -0.2) is 0 Å². The largest absolute Gasteiger partial charge is 1.00 e. The van der Waals surface area contributed by atoms with Gasteiger partial charge in [-0.2, -0.15) is 0 Å². The molecule has 0 spiro atoms. The van der Waals surface area contributed by atoms with E-state index in [9.17, 15) is 5.11 Å². The van der Waals surface area contributed by atoms with Crippen molar-refractivity contribution in [3.63, 3.8) is 0 Å². The Kier molecular flexibility index (Phi) is 23.0. The Labute approximate surface area is 260 Å². The maximum Gasteiger partial charge on any atom is 0.314 e. The molecule has 9 heteroatoms. The van der Waals surface area contributed by atoms with Crippen LogP contribution in [0, 0.1) is 5.41 Å². The molecular formula is C31H72ClNO4Si3. The van der Waals surface area contributed by atoms with Crippen LogP contribution in [-0.4, -0.2) is 55.7 Å². The fourth-order valence-electron chi connectivity index (χ4n) is 5.58. The molecule has 0 aromatic heterocycles. The third kappa shape index (κ3) is 21.4. The van der Waals surface area contributed by atoms with Gasteiger partial charge in [0.25, 0.3) is 0 Å². The molecule has 0 fully saturated rings. The second kappa shape index (κ2) is 21.4. The Bertz CT molecular complexity index is 598. The highest BCUT2D eigenvalue weighted by atomic mass is 35.5. The first kappa shape index (κ1) is 42.9. The SMILES string of the molecule is CCCCCCCCCCCCCCCC(C)(C)C(O)(C[NH3+])COCCC[Si](C)(O[Si](C)(C)C)O[Si](C)(C)C.[Cl-]. The summed E-state index contributed by atoms with van der Waals surface area (Å²) in [7, 11) is -5.61. The van der Waals surface area contributed by atoms with Crippen molar-refractivity contribution in [3.8, 4) is 0 Å². The summed E-state index contributed by atoms with van der Waals surface area (Å²) in [6.45, 7) is 23.8. The molecule has 244 valence electrons. The molecule has 0 rings (SSSR count). The first-order chi connectivity index (χ1) is 18.0. The van der Waals surface area contributed by atoms with Crippen molar-refractivity contribution in [3.05, 3.63) is 0 Å². The van der Waals surface area contributed by atoms with Crippen molar-refractivity contribution >= 4 is 25.2 Å². The second-order valence-electron chi connectivity index (χ2n) is 14.9. The summed E-state index contributed by atoms with van der Waals surface area (Å²) in [4.78, 5) is 0. The summed E-state index contributed by atoms with van der Waals surface area (Å²) >= 11 is 0. The van der Waals surface area contributed by atoms with E-state index in [1.54, 1.807) is 0 Å². The molecule has 0 saturated heterocycles. The maximum absolute atomic E-state index is 11.5. The molecule has 1 atom stereocenters. The van der Waals surface area contributed by atoms with Gasteiger partial charge in [-0.1, -0.05) is 104 Å². The van der Waals surface area contributed by atoms with Crippen LogP contribution in [0.5, 0.6) is 0 Å². The van der Waals surface area contributed by atoms with Gasteiger partial charge in [-0.15, -0.1) is 0 Å². The average molecular weight is 643 g/mol. The smallest absolute Gasteiger partial charge is 0.314 e. The third-order valence-corrected chi connectivity index (χ3v) is 17.5. The topological polar surface area (TPSA) is 75.6 Å². The van der Waals surface area contributed by atoms with Gasteiger partial charge in [0.15, 0.2) is 16.6 Å². The van der Waals surface area contributed by atoms with E-state index < -0.39 is 30.8 Å². The second-order valence-corrected chi connectivity index (χ2v) is 27.7. The Morgan fingerprint density at radius 3 is 1.43 bits per heavy atom. The molecule has 0 aliphatic carbocycles. The van der Waals surface area contributed by atoms with Gasteiger partial charge in [-0.3, -0.25) is 0 Å². The van der Waals surface area contributed by atoms with E-state index in [2.05, 4.69) is 72.3 Å². The first-order valence-electron chi connectivity index (χ1n) is 16.5. The standard InChI is InChI=1S/C31H71NO4Si3.ClH/c1-11-12-13-14-15-16-17-18-19-20-21-22-23-25-30(2,3)31(33,28-32)29-34-26-24-27-39(10,35-37(4,5)6)36-38(7,8)9;/h33H,11-29,32H2,1-10H3;1H. The molecule has 40 heavy (non-hydrogen) atoms. The van der Waals surface area contributed by atoms with E-state index in [1.165, 1.54) is 83.5 Å². The highest BCUT2D eigenvalue weighted by molar-refractivity contribution is 6.87.